The van der Waals surface area contributed by atoms with Crippen molar-refractivity contribution in [2.75, 3.05) is 25.6 Å². The smallest absolute Gasteiger partial charge is 0.272 e. The summed E-state index contributed by atoms with van der Waals surface area (Å²) in [6.07, 6.45) is 0.960. The lowest BCUT2D eigenvalue weighted by Gasteiger charge is -2.28. The van der Waals surface area contributed by atoms with Gasteiger partial charge in [-0.05, 0) is 67.3 Å². The molecule has 0 radical (unpaired) electrons. The molecule has 2 atom stereocenters. The number of alkyl halides is 2. The van der Waals surface area contributed by atoms with Crippen LogP contribution >= 0.6 is 0 Å². The molecule has 1 aliphatic carbocycles. The van der Waals surface area contributed by atoms with E-state index in [1.54, 1.807) is 31.4 Å². The first-order valence-electron chi connectivity index (χ1n) is 14.4. The number of hydrogen-bond acceptors (Lipinski definition) is 8. The second kappa shape index (κ2) is 12.7. The molecule has 45 heavy (non-hydrogen) atoms. The number of piperidine rings is 1. The number of amides is 1. The molecule has 4 aromatic rings. The van der Waals surface area contributed by atoms with E-state index in [2.05, 4.69) is 30.9 Å². The van der Waals surface area contributed by atoms with Crippen molar-refractivity contribution >= 4 is 11.7 Å². The molecule has 1 saturated carbocycles. The number of hydrogen-bond donors (Lipinski definition) is 3. The molecular weight excluding hydrogens is 592 g/mol. The van der Waals surface area contributed by atoms with E-state index in [-0.39, 0.29) is 40.8 Å². The summed E-state index contributed by atoms with van der Waals surface area (Å²) in [7, 11) is 1.56. The quantitative estimate of drug-likeness (QED) is 0.192. The molecule has 3 N–H and O–H groups in total. The lowest BCUT2D eigenvalue weighted by Crippen LogP contribution is -2.50. The van der Waals surface area contributed by atoms with Crippen LogP contribution in [0.25, 0.3) is 22.6 Å². The number of carbonyl (C=O) groups excluding carboxylic acids is 1. The molecule has 6 rings (SSSR count). The topological polar surface area (TPSA) is 110 Å². The van der Waals surface area contributed by atoms with E-state index in [0.717, 1.165) is 24.8 Å². The minimum absolute atomic E-state index is 0.146. The Kier molecular flexibility index (Phi) is 8.52. The minimum atomic E-state index is -2.64. The Labute approximate surface area is 256 Å². The van der Waals surface area contributed by atoms with Crippen molar-refractivity contribution in [2.45, 2.75) is 43.8 Å². The van der Waals surface area contributed by atoms with Crippen LogP contribution in [-0.2, 0) is 6.54 Å². The highest BCUT2D eigenvalue weighted by Crippen LogP contribution is 2.36. The van der Waals surface area contributed by atoms with Gasteiger partial charge in [0.15, 0.2) is 11.6 Å². The number of rotatable bonds is 11. The van der Waals surface area contributed by atoms with E-state index in [1.165, 1.54) is 24.4 Å². The molecule has 1 saturated heterocycles. The van der Waals surface area contributed by atoms with Crippen LogP contribution in [0.4, 0.5) is 23.4 Å². The Morgan fingerprint density at radius 1 is 1.07 bits per heavy atom. The summed E-state index contributed by atoms with van der Waals surface area (Å²) in [5, 5.41) is 9.23. The zero-order chi connectivity index (χ0) is 31.6. The predicted molar refractivity (Wildman–Crippen MR) is 158 cm³/mol. The summed E-state index contributed by atoms with van der Waals surface area (Å²) < 4.78 is 66.6. The van der Waals surface area contributed by atoms with Gasteiger partial charge in [0.05, 0.1) is 30.1 Å². The maximum absolute atomic E-state index is 16.1. The number of methoxy groups -OCH3 is 1. The fourth-order valence-corrected chi connectivity index (χ4v) is 5.69. The van der Waals surface area contributed by atoms with Crippen molar-refractivity contribution in [1.29, 1.82) is 0 Å². The normalized spacial score (nSPS) is 18.7. The summed E-state index contributed by atoms with van der Waals surface area (Å²) in [6, 6.07) is 14.8. The Bertz CT molecular complexity index is 1680. The second-order valence-corrected chi connectivity index (χ2v) is 11.1. The van der Waals surface area contributed by atoms with Gasteiger partial charge < -0.3 is 25.4 Å². The molecule has 2 fully saturated rings. The average Bonchev–Trinajstić information content (AvgIpc) is 3.64. The van der Waals surface area contributed by atoms with Gasteiger partial charge in [-0.25, -0.2) is 28.1 Å². The SMILES string of the molecule is COc1ccc(CNc2ncc(-c3nc(-c4ccc(OCC(F)F)cc4)cc(C(=O)NC45CCC(C4)NC5)c3F)nc2F)cc1. The Morgan fingerprint density at radius 2 is 1.82 bits per heavy atom. The van der Waals surface area contributed by atoms with Gasteiger partial charge in [-0.3, -0.25) is 4.79 Å². The number of aromatic nitrogens is 3. The molecule has 234 valence electrons. The van der Waals surface area contributed by atoms with Crippen LogP contribution in [0.1, 0.15) is 35.2 Å². The monoisotopic (exact) mass is 622 g/mol. The Hall–Kier alpha value is -4.78. The molecule has 9 nitrogen and oxygen atoms in total. The highest BCUT2D eigenvalue weighted by atomic mass is 19.3. The van der Waals surface area contributed by atoms with Crippen molar-refractivity contribution in [3.8, 4) is 34.1 Å². The predicted octanol–water partition coefficient (Wildman–Crippen LogP) is 5.37. The third-order valence-corrected chi connectivity index (χ3v) is 8.04. The molecule has 3 heterocycles. The van der Waals surface area contributed by atoms with Crippen molar-refractivity contribution in [2.24, 2.45) is 0 Å². The van der Waals surface area contributed by atoms with Crippen molar-refractivity contribution in [3.63, 3.8) is 0 Å². The number of anilines is 1. The van der Waals surface area contributed by atoms with Gasteiger partial charge in [-0.2, -0.15) is 4.39 Å². The number of pyridine rings is 1. The van der Waals surface area contributed by atoms with Crippen LogP contribution < -0.4 is 25.4 Å². The van der Waals surface area contributed by atoms with Crippen LogP contribution in [0.5, 0.6) is 11.5 Å². The zero-order valence-electron chi connectivity index (χ0n) is 24.2. The van der Waals surface area contributed by atoms with Crippen LogP contribution in [-0.4, -0.2) is 59.1 Å². The van der Waals surface area contributed by atoms with Crippen LogP contribution in [0.15, 0.2) is 60.8 Å². The van der Waals surface area contributed by atoms with Gasteiger partial charge in [0, 0.05) is 24.7 Å². The molecule has 2 unspecified atom stereocenters. The van der Waals surface area contributed by atoms with Gasteiger partial charge in [-0.15, -0.1) is 0 Å². The van der Waals surface area contributed by atoms with Gasteiger partial charge in [-0.1, -0.05) is 12.1 Å². The van der Waals surface area contributed by atoms with Gasteiger partial charge in [0.1, 0.15) is 29.5 Å². The lowest BCUT2D eigenvalue weighted by molar-refractivity contribution is 0.0819. The van der Waals surface area contributed by atoms with E-state index >= 15 is 8.78 Å². The molecule has 1 aliphatic heterocycles. The molecule has 2 aromatic heterocycles. The first-order valence-corrected chi connectivity index (χ1v) is 14.4. The lowest BCUT2D eigenvalue weighted by atomic mass is 9.98. The third-order valence-electron chi connectivity index (χ3n) is 8.04. The fraction of sp³-hybridized carbons (Fsp3) is 0.312. The summed E-state index contributed by atoms with van der Waals surface area (Å²) in [5.74, 6) is -1.85. The Morgan fingerprint density at radius 3 is 2.44 bits per heavy atom. The maximum atomic E-state index is 16.1. The fourth-order valence-electron chi connectivity index (χ4n) is 5.69. The molecule has 13 heteroatoms. The van der Waals surface area contributed by atoms with E-state index in [1.807, 2.05) is 12.1 Å². The Balaban J connectivity index is 1.31. The van der Waals surface area contributed by atoms with Gasteiger partial charge in [0.25, 0.3) is 18.3 Å². The summed E-state index contributed by atoms with van der Waals surface area (Å²) in [5.41, 5.74) is 0.124. The second-order valence-electron chi connectivity index (χ2n) is 11.1. The first kappa shape index (κ1) is 30.3. The largest absolute Gasteiger partial charge is 0.497 e. The number of benzene rings is 2. The molecular formula is C32H30F4N6O3. The maximum Gasteiger partial charge on any atom is 0.272 e. The van der Waals surface area contributed by atoms with Crippen molar-refractivity contribution in [3.05, 3.63) is 83.7 Å². The number of nitrogens with zero attached hydrogens (tertiary/aromatic N) is 3. The minimum Gasteiger partial charge on any atom is -0.497 e. The number of halogens is 4. The van der Waals surface area contributed by atoms with Crippen molar-refractivity contribution in [1.82, 2.24) is 25.6 Å². The summed E-state index contributed by atoms with van der Waals surface area (Å²) in [6.45, 7) is 0.0582. The molecule has 2 aliphatic rings. The molecule has 2 bridgehead atoms. The van der Waals surface area contributed by atoms with Crippen molar-refractivity contribution < 1.29 is 31.8 Å². The van der Waals surface area contributed by atoms with Gasteiger partial charge >= 0.3 is 0 Å². The van der Waals surface area contributed by atoms with E-state index < -0.39 is 36.2 Å². The van der Waals surface area contributed by atoms with E-state index in [4.69, 9.17) is 9.47 Å². The van der Waals surface area contributed by atoms with Crippen LogP contribution in [0.2, 0.25) is 0 Å². The van der Waals surface area contributed by atoms with E-state index in [9.17, 15) is 13.6 Å². The first-order chi connectivity index (χ1) is 21.7. The third kappa shape index (κ3) is 6.68. The average molecular weight is 623 g/mol. The van der Waals surface area contributed by atoms with Crippen LogP contribution in [0, 0.1) is 11.8 Å². The highest BCUT2D eigenvalue weighted by Gasteiger charge is 2.46. The molecule has 2 aromatic carbocycles. The van der Waals surface area contributed by atoms with E-state index in [0.29, 0.717) is 23.9 Å². The number of fused-ring (bicyclic) bond motifs is 2. The molecule has 1 amide bonds. The number of carbonyl (C=O) groups is 1. The molecule has 0 spiro atoms. The summed E-state index contributed by atoms with van der Waals surface area (Å²) >= 11 is 0. The standard InChI is InChI=1S/C32H30F4N6O3/c1-44-21-6-2-18(3-7-21)14-37-30-29(36)41-25(15-38-30)28-27(35)23(31(43)42-32-11-10-20(13-32)39-17-32)12-24(40-28)19-4-8-22(9-5-19)45-16-26(33)34/h2-9,12,15,20,26,39H,10-11,13-14,16-17H2,1H3,(H,37,38)(H,42,43). The zero-order valence-corrected chi connectivity index (χ0v) is 24.2. The highest BCUT2D eigenvalue weighted by molar-refractivity contribution is 5.97. The number of nitrogens with one attached hydrogen (secondary N) is 3. The van der Waals surface area contributed by atoms with Gasteiger partial charge in [0.2, 0.25) is 0 Å². The summed E-state index contributed by atoms with van der Waals surface area (Å²) in [4.78, 5) is 26.0. The number of ether oxygens (including phenoxy) is 2. The van der Waals surface area contributed by atoms with Crippen LogP contribution in [0.3, 0.4) is 0 Å².